The zero-order valence-corrected chi connectivity index (χ0v) is 27.2. The fraction of sp³-hybridized carbons (Fsp3) is 0.412. The lowest BCUT2D eigenvalue weighted by atomic mass is 9.80. The molecule has 0 saturated carbocycles. The van der Waals surface area contributed by atoms with Gasteiger partial charge in [-0.05, 0) is 67.8 Å². The molecule has 0 radical (unpaired) electrons. The van der Waals surface area contributed by atoms with E-state index in [1.54, 1.807) is 6.08 Å². The summed E-state index contributed by atoms with van der Waals surface area (Å²) in [5.74, 6) is -3.45. The second-order valence-electron chi connectivity index (χ2n) is 11.5. The number of hydrogen-bond donors (Lipinski definition) is 6. The zero-order valence-electron chi connectivity index (χ0n) is 27.2. The second kappa shape index (κ2) is 17.6. The molecule has 2 rings (SSSR count). The third-order valence-electron chi connectivity index (χ3n) is 7.73. The third-order valence-corrected chi connectivity index (χ3v) is 7.73. The number of allylic oxidation sites excluding steroid dienone is 7. The molecule has 1 aromatic rings. The number of aliphatic hydroxyl groups is 6. The van der Waals surface area contributed by atoms with Crippen molar-refractivity contribution in [3.05, 3.63) is 77.3 Å². The average Bonchev–Trinajstić information content (AvgIpc) is 3.31. The Labute approximate surface area is 277 Å². The quantitative estimate of drug-likeness (QED) is 0.0541. The molecule has 6 N–H and O–H groups in total. The molecule has 14 heteroatoms. The summed E-state index contributed by atoms with van der Waals surface area (Å²) in [5.41, 5.74) is -4.58. The van der Waals surface area contributed by atoms with Gasteiger partial charge in [-0.15, -0.1) is 0 Å². The van der Waals surface area contributed by atoms with E-state index in [1.165, 1.54) is 70.6 Å². The molecular formula is C34H42O14. The molecule has 1 aliphatic rings. The summed E-state index contributed by atoms with van der Waals surface area (Å²) >= 11 is 0. The van der Waals surface area contributed by atoms with Gasteiger partial charge in [0.1, 0.15) is 16.2 Å². The van der Waals surface area contributed by atoms with Crippen LogP contribution < -0.4 is 9.47 Å². The Morgan fingerprint density at radius 3 is 1.73 bits per heavy atom. The van der Waals surface area contributed by atoms with Crippen LogP contribution >= 0.6 is 0 Å². The molecule has 0 fully saturated rings. The van der Waals surface area contributed by atoms with Crippen LogP contribution in [0.4, 0.5) is 0 Å². The Morgan fingerprint density at radius 1 is 0.688 bits per heavy atom. The molecule has 14 nitrogen and oxygen atoms in total. The topological polar surface area (TPSA) is 227 Å². The van der Waals surface area contributed by atoms with Gasteiger partial charge in [0.15, 0.2) is 34.6 Å². The van der Waals surface area contributed by atoms with Crippen LogP contribution in [-0.4, -0.2) is 108 Å². The predicted molar refractivity (Wildman–Crippen MR) is 170 cm³/mol. The van der Waals surface area contributed by atoms with E-state index in [-0.39, 0.29) is 29.4 Å². The van der Waals surface area contributed by atoms with Crippen molar-refractivity contribution >= 4 is 29.6 Å². The summed E-state index contributed by atoms with van der Waals surface area (Å²) in [4.78, 5) is 51.4. The summed E-state index contributed by atoms with van der Waals surface area (Å²) in [6.07, 6.45) is 9.44. The molecule has 0 heterocycles. The average molecular weight is 675 g/mol. The molecule has 0 atom stereocenters. The van der Waals surface area contributed by atoms with Gasteiger partial charge in [-0.2, -0.15) is 0 Å². The van der Waals surface area contributed by atoms with Gasteiger partial charge in [-0.25, -0.2) is 0 Å². The van der Waals surface area contributed by atoms with Crippen molar-refractivity contribution in [1.82, 2.24) is 0 Å². The summed E-state index contributed by atoms with van der Waals surface area (Å²) in [5, 5.41) is 58.0. The SMILES string of the molecule is COC1=CC(/C=C/C(=O)C(CO)(CO)C(=O)/C=C/c2ccc(OC(=O)C(C)(CO)CO)c(OC)c2)=CCC=C1OC(=O)C(C)(CO)CO. The van der Waals surface area contributed by atoms with E-state index in [0.29, 0.717) is 11.1 Å². The highest BCUT2D eigenvalue weighted by atomic mass is 16.6. The zero-order chi connectivity index (χ0) is 36.1. The molecule has 48 heavy (non-hydrogen) atoms. The van der Waals surface area contributed by atoms with E-state index < -0.39 is 79.4 Å². The minimum atomic E-state index is -2.23. The third kappa shape index (κ3) is 9.13. The summed E-state index contributed by atoms with van der Waals surface area (Å²) in [6, 6.07) is 4.23. The van der Waals surface area contributed by atoms with E-state index in [1.807, 2.05) is 0 Å². The molecule has 262 valence electrons. The highest BCUT2D eigenvalue weighted by Crippen LogP contribution is 2.32. The molecule has 1 aliphatic carbocycles. The lowest BCUT2D eigenvalue weighted by molar-refractivity contribution is -0.155. The lowest BCUT2D eigenvalue weighted by Gasteiger charge is -2.24. The van der Waals surface area contributed by atoms with Crippen molar-refractivity contribution in [2.45, 2.75) is 20.3 Å². The summed E-state index contributed by atoms with van der Waals surface area (Å²) < 4.78 is 21.2. The molecule has 1 aromatic carbocycles. The van der Waals surface area contributed by atoms with Crippen molar-refractivity contribution in [2.24, 2.45) is 16.2 Å². The standard InChI is InChI=1S/C34H42O14/c1-32(16-35,17-36)30(43)47-24-7-5-6-22(14-26(24)45-3)9-12-28(41)34(20-39,21-40)29(42)13-10-23-8-11-25(27(15-23)46-4)48-31(44)33(2,18-37)19-38/h6-15,35-40H,5,16-21H2,1-4H3/b12-9+,13-10+. The van der Waals surface area contributed by atoms with Crippen LogP contribution in [-0.2, 0) is 28.7 Å². The van der Waals surface area contributed by atoms with E-state index in [0.717, 1.165) is 12.2 Å². The van der Waals surface area contributed by atoms with Gasteiger partial charge in [-0.3, -0.25) is 19.2 Å². The van der Waals surface area contributed by atoms with E-state index in [2.05, 4.69) is 0 Å². The maximum absolute atomic E-state index is 13.2. The van der Waals surface area contributed by atoms with E-state index in [9.17, 15) is 49.8 Å². The van der Waals surface area contributed by atoms with Gasteiger partial charge >= 0.3 is 11.9 Å². The Hall–Kier alpha value is -4.44. The predicted octanol–water partition coefficient (Wildman–Crippen LogP) is 0.548. The number of carbonyl (C=O) groups excluding carboxylic acids is 4. The first kappa shape index (κ1) is 39.7. The number of methoxy groups -OCH3 is 2. The fourth-order valence-electron chi connectivity index (χ4n) is 3.87. The highest BCUT2D eigenvalue weighted by molar-refractivity contribution is 6.16. The van der Waals surface area contributed by atoms with Crippen molar-refractivity contribution in [3.8, 4) is 11.5 Å². The minimum absolute atomic E-state index is 0.0126. The van der Waals surface area contributed by atoms with Crippen LogP contribution in [0.2, 0.25) is 0 Å². The maximum atomic E-state index is 13.2. The van der Waals surface area contributed by atoms with Gasteiger partial charge in [0.05, 0.1) is 53.9 Å². The molecule has 0 spiro atoms. The largest absolute Gasteiger partial charge is 0.493 e. The van der Waals surface area contributed by atoms with Gasteiger partial charge < -0.3 is 49.6 Å². The van der Waals surface area contributed by atoms with Crippen molar-refractivity contribution < 1.29 is 68.8 Å². The van der Waals surface area contributed by atoms with Crippen LogP contribution in [0, 0.1) is 16.2 Å². The number of benzene rings is 1. The minimum Gasteiger partial charge on any atom is -0.493 e. The van der Waals surface area contributed by atoms with Gasteiger partial charge in [-0.1, -0.05) is 24.3 Å². The molecule has 0 aliphatic heterocycles. The first-order valence-electron chi connectivity index (χ1n) is 14.7. The van der Waals surface area contributed by atoms with E-state index >= 15 is 0 Å². The molecule has 0 saturated heterocycles. The molecule has 0 unspecified atom stereocenters. The number of ether oxygens (including phenoxy) is 4. The number of hydrogen-bond acceptors (Lipinski definition) is 14. The van der Waals surface area contributed by atoms with Crippen LogP contribution in [0.5, 0.6) is 11.5 Å². The number of ketones is 2. The first-order valence-corrected chi connectivity index (χ1v) is 14.7. The monoisotopic (exact) mass is 674 g/mol. The summed E-state index contributed by atoms with van der Waals surface area (Å²) in [6.45, 7) is -2.02. The Balaban J connectivity index is 2.26. The number of carbonyl (C=O) groups is 4. The van der Waals surface area contributed by atoms with Gasteiger partial charge in [0.25, 0.3) is 0 Å². The molecule has 0 bridgehead atoms. The van der Waals surface area contributed by atoms with Crippen molar-refractivity contribution in [3.63, 3.8) is 0 Å². The van der Waals surface area contributed by atoms with Gasteiger partial charge in [0, 0.05) is 0 Å². The molecule has 0 amide bonds. The molecule has 0 aromatic heterocycles. The second-order valence-corrected chi connectivity index (χ2v) is 11.5. The van der Waals surface area contributed by atoms with Crippen LogP contribution in [0.3, 0.4) is 0 Å². The Kier molecular flexibility index (Phi) is 14.6. The van der Waals surface area contributed by atoms with Gasteiger partial charge in [0.2, 0.25) is 0 Å². The molecular weight excluding hydrogens is 632 g/mol. The number of aliphatic hydroxyl groups excluding tert-OH is 6. The number of esters is 2. The normalized spacial score (nSPS) is 14.2. The lowest BCUT2D eigenvalue weighted by Crippen LogP contribution is -2.44. The van der Waals surface area contributed by atoms with Crippen LogP contribution in [0.1, 0.15) is 25.8 Å². The Morgan fingerprint density at radius 2 is 1.23 bits per heavy atom. The summed E-state index contributed by atoms with van der Waals surface area (Å²) in [7, 11) is 2.62. The van der Waals surface area contributed by atoms with Crippen LogP contribution in [0.15, 0.2) is 71.7 Å². The smallest absolute Gasteiger partial charge is 0.322 e. The van der Waals surface area contributed by atoms with Crippen molar-refractivity contribution in [1.29, 1.82) is 0 Å². The first-order chi connectivity index (χ1) is 22.8. The maximum Gasteiger partial charge on any atom is 0.322 e. The van der Waals surface area contributed by atoms with Crippen LogP contribution in [0.25, 0.3) is 6.08 Å². The fourth-order valence-corrected chi connectivity index (χ4v) is 3.87. The Bertz CT molecular complexity index is 1480. The van der Waals surface area contributed by atoms with Crippen molar-refractivity contribution in [2.75, 3.05) is 53.9 Å². The highest BCUT2D eigenvalue weighted by Gasteiger charge is 2.42. The van der Waals surface area contributed by atoms with E-state index in [4.69, 9.17) is 18.9 Å². The number of rotatable bonds is 18.